The Labute approximate surface area is 169 Å². The summed E-state index contributed by atoms with van der Waals surface area (Å²) in [7, 11) is 0. The van der Waals surface area contributed by atoms with Gasteiger partial charge in [-0.05, 0) is 42.8 Å². The summed E-state index contributed by atoms with van der Waals surface area (Å²) in [5.41, 5.74) is 2.01. The number of aromatic nitrogens is 1. The summed E-state index contributed by atoms with van der Waals surface area (Å²) in [5.74, 6) is -0.998. The number of anilines is 1. The summed E-state index contributed by atoms with van der Waals surface area (Å²) in [6, 6.07) is 12.2. The van der Waals surface area contributed by atoms with Crippen molar-refractivity contribution in [2.24, 2.45) is 5.92 Å². The van der Waals surface area contributed by atoms with E-state index in [1.54, 1.807) is 30.3 Å². The standard InChI is InChI=1S/C21H15ClN2O5/c22-13-2-4-17-16(8-13)23-19(28-17)15-7-11-1-3-14(9-18(11)29-21(15)27)24-6-5-12(10-24)20(25)26/h1-4,7-9,12H,5-6,10H2,(H,25,26). The van der Waals surface area contributed by atoms with Crippen LogP contribution in [0.15, 0.2) is 56.1 Å². The number of carbonyl (C=O) groups is 1. The minimum atomic E-state index is -0.788. The van der Waals surface area contributed by atoms with E-state index in [0.717, 1.165) is 11.1 Å². The molecule has 1 N–H and O–H groups in total. The van der Waals surface area contributed by atoms with Crippen molar-refractivity contribution in [2.45, 2.75) is 6.42 Å². The zero-order valence-electron chi connectivity index (χ0n) is 15.1. The Hall–Kier alpha value is -3.32. The molecule has 0 aliphatic carbocycles. The van der Waals surface area contributed by atoms with Crippen LogP contribution in [0.3, 0.4) is 0 Å². The lowest BCUT2D eigenvalue weighted by Gasteiger charge is -2.18. The number of nitrogens with zero attached hydrogens (tertiary/aromatic N) is 2. The number of oxazole rings is 1. The molecule has 0 amide bonds. The molecule has 1 aliphatic rings. The third-order valence-electron chi connectivity index (χ3n) is 5.20. The summed E-state index contributed by atoms with van der Waals surface area (Å²) < 4.78 is 11.2. The Morgan fingerprint density at radius 3 is 2.79 bits per heavy atom. The number of hydrogen-bond donors (Lipinski definition) is 1. The van der Waals surface area contributed by atoms with Crippen molar-refractivity contribution in [3.8, 4) is 11.5 Å². The average Bonchev–Trinajstić information content (AvgIpc) is 3.34. The van der Waals surface area contributed by atoms with Crippen LogP contribution in [0.2, 0.25) is 5.02 Å². The number of hydrogen-bond acceptors (Lipinski definition) is 6. The molecule has 0 radical (unpaired) electrons. The van der Waals surface area contributed by atoms with E-state index in [1.807, 2.05) is 17.0 Å². The van der Waals surface area contributed by atoms with Crippen molar-refractivity contribution in [3.05, 3.63) is 57.9 Å². The first kappa shape index (κ1) is 17.8. The number of carboxylic acids is 1. The second kappa shape index (κ2) is 6.63. The van der Waals surface area contributed by atoms with Gasteiger partial charge < -0.3 is 18.8 Å². The molecule has 7 nitrogen and oxygen atoms in total. The largest absolute Gasteiger partial charge is 0.481 e. The van der Waals surface area contributed by atoms with Gasteiger partial charge in [-0.3, -0.25) is 4.79 Å². The first-order valence-corrected chi connectivity index (χ1v) is 9.48. The average molecular weight is 411 g/mol. The molecule has 1 atom stereocenters. The summed E-state index contributed by atoms with van der Waals surface area (Å²) >= 11 is 5.98. The number of rotatable bonds is 3. The lowest BCUT2D eigenvalue weighted by Crippen LogP contribution is -2.22. The lowest BCUT2D eigenvalue weighted by atomic mass is 10.1. The van der Waals surface area contributed by atoms with Crippen molar-refractivity contribution in [1.29, 1.82) is 0 Å². The maximum absolute atomic E-state index is 12.6. The molecule has 146 valence electrons. The first-order valence-electron chi connectivity index (χ1n) is 9.10. The molecule has 1 unspecified atom stereocenters. The Balaban J connectivity index is 1.53. The molecule has 2 aromatic carbocycles. The maximum atomic E-state index is 12.6. The monoisotopic (exact) mass is 410 g/mol. The van der Waals surface area contributed by atoms with E-state index in [9.17, 15) is 14.7 Å². The fourth-order valence-corrected chi connectivity index (χ4v) is 3.82. The fourth-order valence-electron chi connectivity index (χ4n) is 3.66. The van der Waals surface area contributed by atoms with Crippen LogP contribution in [-0.4, -0.2) is 29.1 Å². The SMILES string of the molecule is O=C(O)C1CCN(c2ccc3cc(-c4nc5cc(Cl)ccc5o4)c(=O)oc3c2)C1. The number of fused-ring (bicyclic) bond motifs is 2. The lowest BCUT2D eigenvalue weighted by molar-refractivity contribution is -0.140. The van der Waals surface area contributed by atoms with Gasteiger partial charge in [-0.2, -0.15) is 0 Å². The van der Waals surface area contributed by atoms with Gasteiger partial charge in [0, 0.05) is 35.3 Å². The van der Waals surface area contributed by atoms with E-state index in [4.69, 9.17) is 20.4 Å². The number of aliphatic carboxylic acids is 1. The maximum Gasteiger partial charge on any atom is 0.349 e. The van der Waals surface area contributed by atoms with E-state index in [0.29, 0.717) is 41.2 Å². The molecular weight excluding hydrogens is 396 g/mol. The van der Waals surface area contributed by atoms with Crippen LogP contribution in [-0.2, 0) is 4.79 Å². The smallest absolute Gasteiger partial charge is 0.349 e. The predicted molar refractivity (Wildman–Crippen MR) is 108 cm³/mol. The van der Waals surface area contributed by atoms with Gasteiger partial charge in [0.1, 0.15) is 16.7 Å². The van der Waals surface area contributed by atoms with Crippen molar-refractivity contribution in [1.82, 2.24) is 4.98 Å². The van der Waals surface area contributed by atoms with Gasteiger partial charge in [0.05, 0.1) is 5.92 Å². The van der Waals surface area contributed by atoms with E-state index < -0.39 is 11.6 Å². The van der Waals surface area contributed by atoms with Crippen molar-refractivity contribution >= 4 is 45.3 Å². The molecule has 0 saturated carbocycles. The number of benzene rings is 2. The summed E-state index contributed by atoms with van der Waals surface area (Å²) in [4.78, 5) is 30.1. The van der Waals surface area contributed by atoms with Gasteiger partial charge >= 0.3 is 11.6 Å². The van der Waals surface area contributed by atoms with Gasteiger partial charge in [0.2, 0.25) is 5.89 Å². The van der Waals surface area contributed by atoms with Crippen LogP contribution >= 0.6 is 11.6 Å². The van der Waals surface area contributed by atoms with Gasteiger partial charge in [0.15, 0.2) is 5.58 Å². The molecule has 4 aromatic rings. The zero-order valence-corrected chi connectivity index (χ0v) is 15.8. The normalized spacial score (nSPS) is 16.7. The molecule has 29 heavy (non-hydrogen) atoms. The molecule has 2 aromatic heterocycles. The number of carboxylic acid groups (broad SMARTS) is 1. The Morgan fingerprint density at radius 1 is 1.14 bits per heavy atom. The van der Waals surface area contributed by atoms with E-state index >= 15 is 0 Å². The van der Waals surface area contributed by atoms with Crippen LogP contribution in [0.25, 0.3) is 33.5 Å². The van der Waals surface area contributed by atoms with Gasteiger partial charge in [-0.15, -0.1) is 0 Å². The molecule has 1 fully saturated rings. The Morgan fingerprint density at radius 2 is 2.00 bits per heavy atom. The second-order valence-corrected chi connectivity index (χ2v) is 7.51. The highest BCUT2D eigenvalue weighted by atomic mass is 35.5. The van der Waals surface area contributed by atoms with Crippen LogP contribution in [0, 0.1) is 5.92 Å². The number of halogens is 1. The molecular formula is C21H15ClN2O5. The van der Waals surface area contributed by atoms with E-state index in [-0.39, 0.29) is 17.4 Å². The van der Waals surface area contributed by atoms with Crippen LogP contribution in [0.1, 0.15) is 6.42 Å². The first-order chi connectivity index (χ1) is 14.0. The second-order valence-electron chi connectivity index (χ2n) is 7.07. The highest BCUT2D eigenvalue weighted by Crippen LogP contribution is 2.30. The van der Waals surface area contributed by atoms with Gasteiger partial charge in [0.25, 0.3) is 0 Å². The molecule has 1 aliphatic heterocycles. The predicted octanol–water partition coefficient (Wildman–Crippen LogP) is 4.17. The van der Waals surface area contributed by atoms with Crippen LogP contribution in [0.4, 0.5) is 5.69 Å². The van der Waals surface area contributed by atoms with Crippen molar-refractivity contribution < 1.29 is 18.7 Å². The summed E-state index contributed by atoms with van der Waals surface area (Å²) in [6.07, 6.45) is 0.595. The van der Waals surface area contributed by atoms with E-state index in [1.165, 1.54) is 0 Å². The quantitative estimate of drug-likeness (QED) is 0.506. The molecule has 8 heteroatoms. The summed E-state index contributed by atoms with van der Waals surface area (Å²) in [6.45, 7) is 1.09. The Bertz CT molecular complexity index is 1330. The molecule has 0 spiro atoms. The fraction of sp³-hybridized carbons (Fsp3) is 0.190. The third-order valence-corrected chi connectivity index (χ3v) is 5.44. The molecule has 0 bridgehead atoms. The highest BCUT2D eigenvalue weighted by Gasteiger charge is 2.28. The van der Waals surface area contributed by atoms with Crippen LogP contribution in [0.5, 0.6) is 0 Å². The molecule has 3 heterocycles. The van der Waals surface area contributed by atoms with E-state index in [2.05, 4.69) is 4.98 Å². The molecule has 1 saturated heterocycles. The third kappa shape index (κ3) is 3.13. The highest BCUT2D eigenvalue weighted by molar-refractivity contribution is 6.31. The molecule has 5 rings (SSSR count). The van der Waals surface area contributed by atoms with Crippen molar-refractivity contribution in [2.75, 3.05) is 18.0 Å². The zero-order chi connectivity index (χ0) is 20.1. The van der Waals surface area contributed by atoms with Gasteiger partial charge in [-0.1, -0.05) is 11.6 Å². The van der Waals surface area contributed by atoms with Crippen molar-refractivity contribution in [3.63, 3.8) is 0 Å². The van der Waals surface area contributed by atoms with Crippen LogP contribution < -0.4 is 10.5 Å². The minimum absolute atomic E-state index is 0.172. The van der Waals surface area contributed by atoms with Gasteiger partial charge in [-0.25, -0.2) is 9.78 Å². The summed E-state index contributed by atoms with van der Waals surface area (Å²) in [5, 5.41) is 10.4. The minimum Gasteiger partial charge on any atom is -0.481 e. The Kier molecular flexibility index (Phi) is 4.06. The topological polar surface area (TPSA) is 96.8 Å².